The first kappa shape index (κ1) is 24.1. The lowest BCUT2D eigenvalue weighted by Gasteiger charge is -2.30. The van der Waals surface area contributed by atoms with Gasteiger partial charge in [-0.15, -0.1) is 0 Å². The van der Waals surface area contributed by atoms with E-state index in [-0.39, 0.29) is 11.5 Å². The van der Waals surface area contributed by atoms with Gasteiger partial charge in [0.15, 0.2) is 0 Å². The number of amides is 1. The molecule has 0 aliphatic heterocycles. The number of carbonyl (C=O) groups is 1. The smallest absolute Gasteiger partial charge is 0.266 e. The van der Waals surface area contributed by atoms with E-state index in [1.54, 1.807) is 59.0 Å². The maximum Gasteiger partial charge on any atom is 0.266 e. The Morgan fingerprint density at radius 3 is 2.40 bits per heavy atom. The predicted molar refractivity (Wildman–Crippen MR) is 135 cm³/mol. The number of hydrogen-bond donors (Lipinski definition) is 0. The summed E-state index contributed by atoms with van der Waals surface area (Å²) in [6.07, 6.45) is 1.66. The Morgan fingerprint density at radius 1 is 1.06 bits per heavy atom. The summed E-state index contributed by atoms with van der Waals surface area (Å²) in [7, 11) is 1.58. The fourth-order valence-electron chi connectivity index (χ4n) is 4.11. The molecule has 7 heteroatoms. The van der Waals surface area contributed by atoms with Crippen molar-refractivity contribution in [3.8, 4) is 11.4 Å². The van der Waals surface area contributed by atoms with Crippen LogP contribution in [-0.2, 0) is 0 Å². The van der Waals surface area contributed by atoms with Crippen molar-refractivity contribution < 1.29 is 13.9 Å². The fraction of sp³-hybridized carbons (Fsp3) is 0.250. The molecule has 4 rings (SSSR count). The Labute approximate surface area is 203 Å². The summed E-state index contributed by atoms with van der Waals surface area (Å²) < 4.78 is 20.3. The molecule has 1 atom stereocenters. The van der Waals surface area contributed by atoms with Crippen LogP contribution in [-0.4, -0.2) is 34.0 Å². The van der Waals surface area contributed by atoms with Gasteiger partial charge in [0.2, 0.25) is 0 Å². The molecule has 1 amide bonds. The van der Waals surface area contributed by atoms with Gasteiger partial charge in [-0.3, -0.25) is 14.2 Å². The number of hydrogen-bond acceptors (Lipinski definition) is 4. The Bertz CT molecular complexity index is 1380. The van der Waals surface area contributed by atoms with Gasteiger partial charge in [0.05, 0.1) is 29.7 Å². The number of aromatic nitrogens is 2. The third-order valence-electron chi connectivity index (χ3n) is 6.08. The summed E-state index contributed by atoms with van der Waals surface area (Å²) in [5.41, 5.74) is 1.36. The number of methoxy groups -OCH3 is 1. The second-order valence-electron chi connectivity index (χ2n) is 8.36. The van der Waals surface area contributed by atoms with E-state index in [1.807, 2.05) is 19.9 Å². The maximum atomic E-state index is 13.7. The van der Waals surface area contributed by atoms with Crippen LogP contribution in [0.3, 0.4) is 0 Å². The Morgan fingerprint density at radius 2 is 1.74 bits per heavy atom. The van der Waals surface area contributed by atoms with E-state index in [9.17, 15) is 14.0 Å². The van der Waals surface area contributed by atoms with Crippen molar-refractivity contribution in [3.05, 3.63) is 100 Å². The van der Waals surface area contributed by atoms with E-state index in [4.69, 9.17) is 9.72 Å². The van der Waals surface area contributed by atoms with E-state index in [0.717, 1.165) is 12.8 Å². The van der Waals surface area contributed by atoms with Crippen molar-refractivity contribution >= 4 is 16.8 Å². The topological polar surface area (TPSA) is 64.4 Å². The molecule has 0 spiro atoms. The van der Waals surface area contributed by atoms with Crippen LogP contribution in [0.5, 0.6) is 5.75 Å². The van der Waals surface area contributed by atoms with E-state index in [2.05, 4.69) is 0 Å². The quantitative estimate of drug-likeness (QED) is 0.337. The minimum absolute atomic E-state index is 0.215. The summed E-state index contributed by atoms with van der Waals surface area (Å²) in [4.78, 5) is 33.8. The van der Waals surface area contributed by atoms with Gasteiger partial charge in [0, 0.05) is 12.1 Å². The van der Waals surface area contributed by atoms with Gasteiger partial charge in [-0.2, -0.15) is 0 Å². The van der Waals surface area contributed by atoms with Gasteiger partial charge >= 0.3 is 0 Å². The van der Waals surface area contributed by atoms with Crippen molar-refractivity contribution in [1.82, 2.24) is 14.5 Å². The minimum atomic E-state index is -0.529. The van der Waals surface area contributed by atoms with Crippen LogP contribution < -0.4 is 10.3 Å². The molecule has 35 heavy (non-hydrogen) atoms. The van der Waals surface area contributed by atoms with Crippen LogP contribution in [0.4, 0.5) is 4.39 Å². The van der Waals surface area contributed by atoms with Gasteiger partial charge in [-0.05, 0) is 74.0 Å². The number of unbranched alkanes of at least 4 members (excludes halogenated alkanes) is 1. The number of halogens is 1. The normalized spacial score (nSPS) is 11.9. The molecule has 6 nitrogen and oxygen atoms in total. The lowest BCUT2D eigenvalue weighted by Crippen LogP contribution is -2.38. The van der Waals surface area contributed by atoms with Crippen LogP contribution in [0.1, 0.15) is 48.9 Å². The van der Waals surface area contributed by atoms with Crippen molar-refractivity contribution in [2.45, 2.75) is 32.7 Å². The lowest BCUT2D eigenvalue weighted by molar-refractivity contribution is 0.0678. The van der Waals surface area contributed by atoms with E-state index in [1.165, 1.54) is 24.3 Å². The zero-order valence-electron chi connectivity index (χ0n) is 20.1. The largest absolute Gasteiger partial charge is 0.497 e. The van der Waals surface area contributed by atoms with Crippen LogP contribution in [0.2, 0.25) is 0 Å². The first-order valence-corrected chi connectivity index (χ1v) is 11.7. The molecule has 1 unspecified atom stereocenters. The van der Waals surface area contributed by atoms with Crippen molar-refractivity contribution in [1.29, 1.82) is 0 Å². The monoisotopic (exact) mass is 473 g/mol. The molecular formula is C28H28FN3O3. The summed E-state index contributed by atoms with van der Waals surface area (Å²) in [5, 5.41) is 0.490. The van der Waals surface area contributed by atoms with Gasteiger partial charge in [-0.1, -0.05) is 25.5 Å². The molecule has 1 heterocycles. The van der Waals surface area contributed by atoms with Crippen molar-refractivity contribution in [3.63, 3.8) is 0 Å². The zero-order chi connectivity index (χ0) is 24.9. The number of para-hydroxylation sites is 1. The van der Waals surface area contributed by atoms with Crippen LogP contribution in [0.25, 0.3) is 16.6 Å². The van der Waals surface area contributed by atoms with Crippen LogP contribution in [0, 0.1) is 5.82 Å². The molecule has 0 saturated heterocycles. The Balaban J connectivity index is 1.88. The highest BCUT2D eigenvalue weighted by molar-refractivity contribution is 5.94. The van der Waals surface area contributed by atoms with E-state index < -0.39 is 11.9 Å². The van der Waals surface area contributed by atoms with E-state index >= 15 is 0 Å². The van der Waals surface area contributed by atoms with Crippen LogP contribution >= 0.6 is 0 Å². The van der Waals surface area contributed by atoms with Gasteiger partial charge < -0.3 is 9.64 Å². The molecule has 0 aliphatic carbocycles. The first-order chi connectivity index (χ1) is 16.9. The highest BCUT2D eigenvalue weighted by Crippen LogP contribution is 2.26. The summed E-state index contributed by atoms with van der Waals surface area (Å²) >= 11 is 0. The fourth-order valence-corrected chi connectivity index (χ4v) is 4.11. The standard InChI is InChI=1S/C28H28FN3O3/c1-4-5-18-31(27(33)20-10-12-21(29)13-11-20)19(2)26-30-25-9-7-6-8-24(25)28(34)32(26)22-14-16-23(35-3)17-15-22/h6-17,19H,4-5,18H2,1-3H3. The number of ether oxygens (including phenoxy) is 1. The average molecular weight is 474 g/mol. The SMILES string of the molecule is CCCCN(C(=O)c1ccc(F)cc1)C(C)c1nc2ccccc2c(=O)n1-c1ccc(OC)cc1. The molecule has 0 fully saturated rings. The summed E-state index contributed by atoms with van der Waals surface area (Å²) in [6.45, 7) is 4.39. The molecule has 0 saturated carbocycles. The highest BCUT2D eigenvalue weighted by atomic mass is 19.1. The molecule has 0 bridgehead atoms. The van der Waals surface area contributed by atoms with E-state index in [0.29, 0.717) is 40.3 Å². The second kappa shape index (κ2) is 10.5. The second-order valence-corrected chi connectivity index (χ2v) is 8.36. The van der Waals surface area contributed by atoms with Gasteiger partial charge in [0.1, 0.15) is 17.4 Å². The molecule has 4 aromatic rings. The molecule has 0 aliphatic rings. The van der Waals surface area contributed by atoms with Gasteiger partial charge in [-0.25, -0.2) is 9.37 Å². The Hall–Kier alpha value is -4.00. The third kappa shape index (κ3) is 4.94. The van der Waals surface area contributed by atoms with Crippen molar-refractivity contribution in [2.75, 3.05) is 13.7 Å². The number of fused-ring (bicyclic) bond motifs is 1. The molecule has 3 aromatic carbocycles. The minimum Gasteiger partial charge on any atom is -0.497 e. The van der Waals surface area contributed by atoms with Gasteiger partial charge in [0.25, 0.3) is 11.5 Å². The number of rotatable bonds is 8. The molecule has 1 aromatic heterocycles. The van der Waals surface area contributed by atoms with Crippen molar-refractivity contribution in [2.24, 2.45) is 0 Å². The lowest BCUT2D eigenvalue weighted by atomic mass is 10.1. The maximum absolute atomic E-state index is 13.7. The Kier molecular flexibility index (Phi) is 7.25. The summed E-state index contributed by atoms with van der Waals surface area (Å²) in [5.74, 6) is 0.473. The third-order valence-corrected chi connectivity index (χ3v) is 6.08. The molecule has 180 valence electrons. The highest BCUT2D eigenvalue weighted by Gasteiger charge is 2.27. The molecule has 0 radical (unpaired) electrons. The number of benzene rings is 3. The zero-order valence-corrected chi connectivity index (χ0v) is 20.1. The molecular weight excluding hydrogens is 445 g/mol. The first-order valence-electron chi connectivity index (χ1n) is 11.7. The average Bonchev–Trinajstić information content (AvgIpc) is 2.89. The molecule has 0 N–H and O–H groups in total. The predicted octanol–water partition coefficient (Wildman–Crippen LogP) is 5.54. The number of carbonyl (C=O) groups excluding carboxylic acids is 1. The summed E-state index contributed by atoms with van der Waals surface area (Å²) in [6, 6.07) is 19.3. The number of nitrogens with zero attached hydrogens (tertiary/aromatic N) is 3. The van der Waals surface area contributed by atoms with Crippen LogP contribution in [0.15, 0.2) is 77.6 Å².